The summed E-state index contributed by atoms with van der Waals surface area (Å²) in [4.78, 5) is 23.6. The van der Waals surface area contributed by atoms with Crippen LogP contribution in [0.2, 0.25) is 0 Å². The van der Waals surface area contributed by atoms with Gasteiger partial charge in [0.15, 0.2) is 0 Å². The summed E-state index contributed by atoms with van der Waals surface area (Å²) in [6, 6.07) is 19.4. The van der Waals surface area contributed by atoms with Crippen molar-refractivity contribution < 1.29 is 23.1 Å². The van der Waals surface area contributed by atoms with E-state index in [0.29, 0.717) is 12.1 Å². The van der Waals surface area contributed by atoms with Crippen molar-refractivity contribution >= 4 is 27.6 Å². The summed E-state index contributed by atoms with van der Waals surface area (Å²) >= 11 is 0. The molecule has 0 bridgehead atoms. The Kier molecular flexibility index (Phi) is 5.71. The molecule has 1 aliphatic heterocycles. The van der Waals surface area contributed by atoms with Gasteiger partial charge in [0.1, 0.15) is 0 Å². The molecule has 32 heavy (non-hydrogen) atoms. The van der Waals surface area contributed by atoms with Crippen LogP contribution in [-0.2, 0) is 23.0 Å². The maximum atomic E-state index is 13.4. The minimum Gasteiger partial charge on any atom is -0.478 e. The zero-order valence-corrected chi connectivity index (χ0v) is 18.2. The number of sulfonamides is 1. The molecule has 3 aromatic carbocycles. The summed E-state index contributed by atoms with van der Waals surface area (Å²) in [6.07, 6.45) is 0.635. The van der Waals surface area contributed by atoms with Gasteiger partial charge in [-0.05, 0) is 60.9 Å². The van der Waals surface area contributed by atoms with Gasteiger partial charge < -0.3 is 10.4 Å². The summed E-state index contributed by atoms with van der Waals surface area (Å²) in [7, 11) is -3.84. The largest absolute Gasteiger partial charge is 0.478 e. The third kappa shape index (κ3) is 4.09. The average molecular weight is 451 g/mol. The first-order valence-electron chi connectivity index (χ1n) is 10.1. The second kappa shape index (κ2) is 8.47. The topological polar surface area (TPSA) is 104 Å². The normalized spacial score (nSPS) is 15.3. The number of carboxylic acid groups (broad SMARTS) is 1. The molecule has 8 heteroatoms. The summed E-state index contributed by atoms with van der Waals surface area (Å²) in [5.41, 5.74) is 2.77. The zero-order valence-electron chi connectivity index (χ0n) is 17.4. The van der Waals surface area contributed by atoms with Gasteiger partial charge in [0.05, 0.1) is 16.1 Å². The number of aromatic carboxylic acids is 1. The molecule has 1 aliphatic rings. The Bertz CT molecular complexity index is 1290. The SMILES string of the molecule is C[C@@H]1Cc2ccccc2N1S(=O)(=O)c1cccc(C(=O)NCc2ccc(C(=O)O)cc2)c1. The van der Waals surface area contributed by atoms with Crippen LogP contribution in [0.1, 0.15) is 38.8 Å². The Morgan fingerprint density at radius 2 is 1.72 bits per heavy atom. The number of hydrogen-bond donors (Lipinski definition) is 2. The van der Waals surface area contributed by atoms with E-state index in [1.807, 2.05) is 25.1 Å². The number of amides is 1. The van der Waals surface area contributed by atoms with Crippen LogP contribution in [-0.4, -0.2) is 31.4 Å². The third-order valence-electron chi connectivity index (χ3n) is 5.45. The number of carbonyl (C=O) groups excluding carboxylic acids is 1. The molecule has 0 radical (unpaired) electrons. The van der Waals surface area contributed by atoms with Crippen LogP contribution in [0.15, 0.2) is 77.7 Å². The molecule has 0 unspecified atom stereocenters. The minimum atomic E-state index is -3.84. The molecule has 0 aromatic heterocycles. The fraction of sp³-hybridized carbons (Fsp3) is 0.167. The van der Waals surface area contributed by atoms with Crippen LogP contribution < -0.4 is 9.62 Å². The van der Waals surface area contributed by atoms with Gasteiger partial charge in [-0.2, -0.15) is 0 Å². The highest BCUT2D eigenvalue weighted by Gasteiger charge is 2.36. The molecule has 0 aliphatic carbocycles. The van der Waals surface area contributed by atoms with Crippen LogP contribution in [0.25, 0.3) is 0 Å². The molecular weight excluding hydrogens is 428 g/mol. The Morgan fingerprint density at radius 1 is 1.00 bits per heavy atom. The molecule has 3 aromatic rings. The van der Waals surface area contributed by atoms with Crippen molar-refractivity contribution in [2.45, 2.75) is 30.8 Å². The number of rotatable bonds is 6. The number of carboxylic acids is 1. The third-order valence-corrected chi connectivity index (χ3v) is 7.38. The Labute approximate surface area is 186 Å². The lowest BCUT2D eigenvalue weighted by Gasteiger charge is -2.24. The molecule has 1 heterocycles. The molecule has 1 amide bonds. The van der Waals surface area contributed by atoms with Crippen molar-refractivity contribution in [3.63, 3.8) is 0 Å². The summed E-state index contributed by atoms with van der Waals surface area (Å²) in [5.74, 6) is -1.44. The number of hydrogen-bond acceptors (Lipinski definition) is 4. The van der Waals surface area contributed by atoms with Crippen LogP contribution in [0, 0.1) is 0 Å². The van der Waals surface area contributed by atoms with Gasteiger partial charge in [-0.1, -0.05) is 36.4 Å². The highest BCUT2D eigenvalue weighted by molar-refractivity contribution is 7.92. The predicted octanol–water partition coefficient (Wildman–Crippen LogP) is 3.45. The van der Waals surface area contributed by atoms with Crippen molar-refractivity contribution in [3.05, 3.63) is 95.1 Å². The number of anilines is 1. The van der Waals surface area contributed by atoms with E-state index < -0.39 is 21.9 Å². The quantitative estimate of drug-likeness (QED) is 0.599. The molecule has 2 N–H and O–H groups in total. The molecule has 0 spiro atoms. The monoisotopic (exact) mass is 450 g/mol. The minimum absolute atomic E-state index is 0.0551. The van der Waals surface area contributed by atoms with E-state index in [1.165, 1.54) is 28.6 Å². The number of para-hydroxylation sites is 1. The van der Waals surface area contributed by atoms with E-state index in [0.717, 1.165) is 11.1 Å². The predicted molar refractivity (Wildman–Crippen MR) is 120 cm³/mol. The van der Waals surface area contributed by atoms with Crippen LogP contribution in [0.5, 0.6) is 0 Å². The molecule has 0 saturated heterocycles. The molecule has 0 fully saturated rings. The molecule has 164 valence electrons. The molecule has 4 rings (SSSR count). The van der Waals surface area contributed by atoms with Crippen molar-refractivity contribution in [3.8, 4) is 0 Å². The lowest BCUT2D eigenvalue weighted by atomic mass is 10.1. The van der Waals surface area contributed by atoms with E-state index in [4.69, 9.17) is 5.11 Å². The first-order chi connectivity index (χ1) is 15.3. The second-order valence-corrected chi connectivity index (χ2v) is 9.51. The second-order valence-electron chi connectivity index (χ2n) is 7.70. The summed E-state index contributed by atoms with van der Waals surface area (Å²) in [6.45, 7) is 2.05. The highest BCUT2D eigenvalue weighted by Crippen LogP contribution is 2.36. The van der Waals surface area contributed by atoms with Gasteiger partial charge >= 0.3 is 5.97 Å². The Morgan fingerprint density at radius 3 is 2.44 bits per heavy atom. The lowest BCUT2D eigenvalue weighted by molar-refractivity contribution is 0.0696. The van der Waals surface area contributed by atoms with Gasteiger partial charge in [-0.15, -0.1) is 0 Å². The Balaban J connectivity index is 1.53. The molecule has 1 atom stereocenters. The van der Waals surface area contributed by atoms with Gasteiger partial charge in [0.2, 0.25) is 0 Å². The fourth-order valence-electron chi connectivity index (χ4n) is 3.86. The maximum Gasteiger partial charge on any atom is 0.335 e. The zero-order chi connectivity index (χ0) is 22.9. The van der Waals surface area contributed by atoms with Crippen molar-refractivity contribution in [2.24, 2.45) is 0 Å². The first kappa shape index (κ1) is 21.6. The van der Waals surface area contributed by atoms with Gasteiger partial charge in [0, 0.05) is 18.2 Å². The smallest absolute Gasteiger partial charge is 0.335 e. The molecule has 7 nitrogen and oxygen atoms in total. The Hall–Kier alpha value is -3.65. The first-order valence-corrected chi connectivity index (χ1v) is 11.5. The number of nitrogens with zero attached hydrogens (tertiary/aromatic N) is 1. The number of nitrogens with one attached hydrogen (secondary N) is 1. The van der Waals surface area contributed by atoms with E-state index in [9.17, 15) is 18.0 Å². The van der Waals surface area contributed by atoms with Crippen molar-refractivity contribution in [2.75, 3.05) is 4.31 Å². The van der Waals surface area contributed by atoms with Crippen LogP contribution >= 0.6 is 0 Å². The molecular formula is C24H22N2O5S. The van der Waals surface area contributed by atoms with Gasteiger partial charge in [0.25, 0.3) is 15.9 Å². The summed E-state index contributed by atoms with van der Waals surface area (Å²) in [5, 5.41) is 11.7. The fourth-order valence-corrected chi connectivity index (χ4v) is 5.60. The number of fused-ring (bicyclic) bond motifs is 1. The summed E-state index contributed by atoms with van der Waals surface area (Å²) < 4.78 is 28.2. The van der Waals surface area contributed by atoms with E-state index in [2.05, 4.69) is 5.32 Å². The van der Waals surface area contributed by atoms with Crippen molar-refractivity contribution in [1.82, 2.24) is 5.32 Å². The lowest BCUT2D eigenvalue weighted by Crippen LogP contribution is -2.35. The van der Waals surface area contributed by atoms with E-state index >= 15 is 0 Å². The standard InChI is InChI=1S/C24H22N2O5S/c1-16-13-19-5-2-3-8-22(19)26(16)32(30,31)21-7-4-6-20(14-21)23(27)25-15-17-9-11-18(12-10-17)24(28)29/h2-12,14,16H,13,15H2,1H3,(H,25,27)(H,28,29)/t16-/m1/s1. The van der Waals surface area contributed by atoms with Crippen molar-refractivity contribution in [1.29, 1.82) is 0 Å². The number of carbonyl (C=O) groups is 2. The van der Waals surface area contributed by atoms with Crippen LogP contribution in [0.3, 0.4) is 0 Å². The number of benzene rings is 3. The highest BCUT2D eigenvalue weighted by atomic mass is 32.2. The van der Waals surface area contributed by atoms with Gasteiger partial charge in [-0.25, -0.2) is 13.2 Å². The van der Waals surface area contributed by atoms with Crippen LogP contribution in [0.4, 0.5) is 5.69 Å². The maximum absolute atomic E-state index is 13.4. The average Bonchev–Trinajstić information content (AvgIpc) is 3.14. The van der Waals surface area contributed by atoms with E-state index in [1.54, 1.807) is 30.3 Å². The van der Waals surface area contributed by atoms with Gasteiger partial charge in [-0.3, -0.25) is 9.10 Å². The van der Waals surface area contributed by atoms with E-state index in [-0.39, 0.29) is 28.6 Å². The molecule has 0 saturated carbocycles.